The van der Waals surface area contributed by atoms with Gasteiger partial charge in [-0.3, -0.25) is 4.79 Å². The quantitative estimate of drug-likeness (QED) is 0.888. The number of hydrogen-bond donors (Lipinski definition) is 2. The molecule has 4 heteroatoms. The molecule has 3 N–H and O–H groups in total. The van der Waals surface area contributed by atoms with Crippen molar-refractivity contribution in [3.05, 3.63) is 64.7 Å². The maximum Gasteiger partial charge on any atom is 0.250 e. The van der Waals surface area contributed by atoms with Gasteiger partial charge in [-0.2, -0.15) is 0 Å². The maximum atomic E-state index is 11.3. The van der Waals surface area contributed by atoms with Gasteiger partial charge >= 0.3 is 0 Å². The summed E-state index contributed by atoms with van der Waals surface area (Å²) in [6.07, 6.45) is 0. The number of benzene rings is 2. The normalized spacial score (nSPS) is 10.1. The van der Waals surface area contributed by atoms with E-state index in [1.54, 1.807) is 18.2 Å². The lowest BCUT2D eigenvalue weighted by molar-refractivity contribution is 0.100. The van der Waals surface area contributed by atoms with Crippen molar-refractivity contribution in [1.29, 1.82) is 0 Å². The van der Waals surface area contributed by atoms with Gasteiger partial charge in [-0.05, 0) is 23.8 Å². The Morgan fingerprint density at radius 1 is 1.17 bits per heavy atom. The minimum absolute atomic E-state index is 0.401. The van der Waals surface area contributed by atoms with Crippen molar-refractivity contribution in [2.75, 3.05) is 5.32 Å². The number of hydrogen-bond acceptors (Lipinski definition) is 2. The van der Waals surface area contributed by atoms with Crippen LogP contribution in [-0.2, 0) is 6.54 Å². The molecule has 1 amide bonds. The number of primary amides is 1. The number of anilines is 1. The average Bonchev–Trinajstić information content (AvgIpc) is 2.38. The van der Waals surface area contributed by atoms with E-state index >= 15 is 0 Å². The van der Waals surface area contributed by atoms with Gasteiger partial charge in [0.1, 0.15) is 0 Å². The molecule has 0 aliphatic heterocycles. The van der Waals surface area contributed by atoms with E-state index in [9.17, 15) is 4.79 Å². The molecule has 0 aliphatic rings. The highest BCUT2D eigenvalue weighted by Gasteiger charge is 2.08. The van der Waals surface area contributed by atoms with Gasteiger partial charge in [-0.15, -0.1) is 0 Å². The van der Waals surface area contributed by atoms with Crippen molar-refractivity contribution in [3.63, 3.8) is 0 Å². The van der Waals surface area contributed by atoms with Gasteiger partial charge in [0.15, 0.2) is 0 Å². The summed E-state index contributed by atoms with van der Waals surface area (Å²) in [6, 6.07) is 15.0. The number of halogens is 1. The zero-order chi connectivity index (χ0) is 13.0. The molecule has 18 heavy (non-hydrogen) atoms. The van der Waals surface area contributed by atoms with Crippen LogP contribution in [0.25, 0.3) is 0 Å². The van der Waals surface area contributed by atoms with Crippen LogP contribution in [0.4, 0.5) is 5.69 Å². The van der Waals surface area contributed by atoms with Gasteiger partial charge in [0.25, 0.3) is 5.91 Å². The van der Waals surface area contributed by atoms with Crippen molar-refractivity contribution in [1.82, 2.24) is 0 Å². The Kier molecular flexibility index (Phi) is 3.85. The molecule has 0 unspecified atom stereocenters. The molecule has 0 fully saturated rings. The second kappa shape index (κ2) is 5.56. The number of carbonyl (C=O) groups excluding carboxylic acids is 1. The van der Waals surface area contributed by atoms with Gasteiger partial charge in [-0.25, -0.2) is 0 Å². The maximum absolute atomic E-state index is 11.3. The molecule has 92 valence electrons. The summed E-state index contributed by atoms with van der Waals surface area (Å²) < 4.78 is 0. The number of carbonyl (C=O) groups is 1. The largest absolute Gasteiger partial charge is 0.380 e. The fourth-order valence-corrected chi connectivity index (χ4v) is 1.84. The lowest BCUT2D eigenvalue weighted by atomic mass is 10.1. The SMILES string of the molecule is NC(=O)c1cc(Cl)ccc1NCc1ccccc1. The molecule has 2 aromatic carbocycles. The molecule has 0 saturated carbocycles. The highest BCUT2D eigenvalue weighted by Crippen LogP contribution is 2.20. The smallest absolute Gasteiger partial charge is 0.250 e. The van der Waals surface area contributed by atoms with E-state index in [1.165, 1.54) is 0 Å². The summed E-state index contributed by atoms with van der Waals surface area (Å²) in [6.45, 7) is 0.628. The zero-order valence-electron chi connectivity index (χ0n) is 9.69. The first kappa shape index (κ1) is 12.5. The van der Waals surface area contributed by atoms with Crippen LogP contribution in [0.3, 0.4) is 0 Å². The van der Waals surface area contributed by atoms with E-state index in [0.29, 0.717) is 22.8 Å². The Morgan fingerprint density at radius 3 is 2.56 bits per heavy atom. The van der Waals surface area contributed by atoms with Crippen molar-refractivity contribution in [2.45, 2.75) is 6.54 Å². The number of amides is 1. The molecule has 0 saturated heterocycles. The number of rotatable bonds is 4. The Balaban J connectivity index is 2.17. The molecule has 0 spiro atoms. The predicted molar refractivity (Wildman–Crippen MR) is 73.7 cm³/mol. The summed E-state index contributed by atoms with van der Waals surface area (Å²) >= 11 is 5.84. The third kappa shape index (κ3) is 3.02. The molecule has 0 aliphatic carbocycles. The molecule has 0 aromatic heterocycles. The van der Waals surface area contributed by atoms with Gasteiger partial charge in [0.2, 0.25) is 0 Å². The van der Waals surface area contributed by atoms with Crippen molar-refractivity contribution < 1.29 is 4.79 Å². The molecule has 0 radical (unpaired) electrons. The summed E-state index contributed by atoms with van der Waals surface area (Å²) in [5, 5.41) is 3.67. The highest BCUT2D eigenvalue weighted by molar-refractivity contribution is 6.31. The van der Waals surface area contributed by atoms with Crippen LogP contribution in [0.15, 0.2) is 48.5 Å². The van der Waals surface area contributed by atoms with Crippen LogP contribution in [0, 0.1) is 0 Å². The zero-order valence-corrected chi connectivity index (χ0v) is 10.4. The van der Waals surface area contributed by atoms with E-state index < -0.39 is 5.91 Å². The van der Waals surface area contributed by atoms with Crippen LogP contribution in [0.1, 0.15) is 15.9 Å². The van der Waals surface area contributed by atoms with E-state index in [1.807, 2.05) is 30.3 Å². The standard InChI is InChI=1S/C14H13ClN2O/c15-11-6-7-13(12(8-11)14(16)18)17-9-10-4-2-1-3-5-10/h1-8,17H,9H2,(H2,16,18). The van der Waals surface area contributed by atoms with Gasteiger partial charge in [0, 0.05) is 17.3 Å². The van der Waals surface area contributed by atoms with E-state index in [2.05, 4.69) is 5.32 Å². The third-order valence-corrected chi connectivity index (χ3v) is 2.81. The topological polar surface area (TPSA) is 55.1 Å². The van der Waals surface area contributed by atoms with Crippen LogP contribution >= 0.6 is 11.6 Å². The average molecular weight is 261 g/mol. The molecular formula is C14H13ClN2O. The first-order chi connectivity index (χ1) is 8.66. The first-order valence-corrected chi connectivity index (χ1v) is 5.92. The molecule has 0 bridgehead atoms. The van der Waals surface area contributed by atoms with Crippen LogP contribution < -0.4 is 11.1 Å². The summed E-state index contributed by atoms with van der Waals surface area (Å²) in [5.74, 6) is -0.493. The molecule has 0 atom stereocenters. The molecular weight excluding hydrogens is 248 g/mol. The minimum Gasteiger partial charge on any atom is -0.380 e. The molecule has 2 rings (SSSR count). The second-order valence-electron chi connectivity index (χ2n) is 3.89. The Labute approximate surface area is 111 Å². The van der Waals surface area contributed by atoms with Crippen molar-refractivity contribution in [2.24, 2.45) is 5.73 Å². The fourth-order valence-electron chi connectivity index (χ4n) is 1.67. The van der Waals surface area contributed by atoms with E-state index in [0.717, 1.165) is 5.56 Å². The monoisotopic (exact) mass is 260 g/mol. The summed E-state index contributed by atoms with van der Waals surface area (Å²) in [7, 11) is 0. The number of nitrogens with two attached hydrogens (primary N) is 1. The highest BCUT2D eigenvalue weighted by atomic mass is 35.5. The second-order valence-corrected chi connectivity index (χ2v) is 4.33. The predicted octanol–water partition coefficient (Wildman–Crippen LogP) is 3.05. The van der Waals surface area contributed by atoms with Crippen LogP contribution in [0.5, 0.6) is 0 Å². The summed E-state index contributed by atoms with van der Waals surface area (Å²) in [4.78, 5) is 11.3. The first-order valence-electron chi connectivity index (χ1n) is 5.54. The molecule has 0 heterocycles. The summed E-state index contributed by atoms with van der Waals surface area (Å²) in [5.41, 5.74) is 7.53. The fraction of sp³-hybridized carbons (Fsp3) is 0.0714. The lowest BCUT2D eigenvalue weighted by Gasteiger charge is -2.10. The number of nitrogens with one attached hydrogen (secondary N) is 1. The van der Waals surface area contributed by atoms with Crippen LogP contribution in [-0.4, -0.2) is 5.91 Å². The Bertz CT molecular complexity index is 555. The van der Waals surface area contributed by atoms with Crippen molar-refractivity contribution >= 4 is 23.2 Å². The van der Waals surface area contributed by atoms with E-state index in [-0.39, 0.29) is 0 Å². The molecule has 3 nitrogen and oxygen atoms in total. The van der Waals surface area contributed by atoms with Crippen LogP contribution in [0.2, 0.25) is 5.02 Å². The Morgan fingerprint density at radius 2 is 1.89 bits per heavy atom. The minimum atomic E-state index is -0.493. The van der Waals surface area contributed by atoms with Gasteiger partial charge in [-0.1, -0.05) is 41.9 Å². The van der Waals surface area contributed by atoms with Gasteiger partial charge < -0.3 is 11.1 Å². The lowest BCUT2D eigenvalue weighted by Crippen LogP contribution is -2.14. The Hall–Kier alpha value is -2.00. The van der Waals surface area contributed by atoms with Crippen molar-refractivity contribution in [3.8, 4) is 0 Å². The van der Waals surface area contributed by atoms with E-state index in [4.69, 9.17) is 17.3 Å². The third-order valence-electron chi connectivity index (χ3n) is 2.57. The molecule has 2 aromatic rings. The van der Waals surface area contributed by atoms with Gasteiger partial charge in [0.05, 0.1) is 5.56 Å².